The van der Waals surface area contributed by atoms with Crippen LogP contribution < -0.4 is 4.72 Å². The van der Waals surface area contributed by atoms with Crippen LogP contribution >= 0.6 is 35.0 Å². The molecule has 4 rings (SSSR count). The Morgan fingerprint density at radius 1 is 0.971 bits per heavy atom. The van der Waals surface area contributed by atoms with Crippen LogP contribution in [-0.2, 0) is 20.0 Å². The van der Waals surface area contributed by atoms with Crippen LogP contribution in [0, 0.1) is 0 Å². The van der Waals surface area contributed by atoms with Gasteiger partial charge in [0.15, 0.2) is 0 Å². The number of benzene rings is 2. The molecule has 2 heterocycles. The molecule has 1 saturated heterocycles. The molecule has 2 N–H and O–H groups in total. The lowest BCUT2D eigenvalue weighted by molar-refractivity contribution is 0.346. The van der Waals surface area contributed by atoms with Crippen LogP contribution in [0.15, 0.2) is 68.2 Å². The van der Waals surface area contributed by atoms with Crippen LogP contribution in [0.2, 0.25) is 10.0 Å². The van der Waals surface area contributed by atoms with E-state index in [1.54, 1.807) is 12.1 Å². The third-order valence-corrected chi connectivity index (χ3v) is 10.1. The fraction of sp³-hybridized carbons (Fsp3) is 0.238. The van der Waals surface area contributed by atoms with Crippen molar-refractivity contribution < 1.29 is 21.9 Å². The number of rotatable bonds is 7. The number of aromatic hydroxyl groups is 1. The predicted octanol–water partition coefficient (Wildman–Crippen LogP) is 4.62. The summed E-state index contributed by atoms with van der Waals surface area (Å²) in [6.45, 7) is 1.04. The summed E-state index contributed by atoms with van der Waals surface area (Å²) in [6, 6.07) is 10.2. The minimum Gasteiger partial charge on any atom is -0.492 e. The van der Waals surface area contributed by atoms with Crippen molar-refractivity contribution in [3.63, 3.8) is 0 Å². The van der Waals surface area contributed by atoms with Crippen molar-refractivity contribution in [2.75, 3.05) is 17.8 Å². The summed E-state index contributed by atoms with van der Waals surface area (Å²) < 4.78 is 54.4. The third-order valence-electron chi connectivity index (χ3n) is 5.15. The van der Waals surface area contributed by atoms with Gasteiger partial charge in [0.25, 0.3) is 10.0 Å². The Morgan fingerprint density at radius 2 is 1.66 bits per heavy atom. The predicted molar refractivity (Wildman–Crippen MR) is 134 cm³/mol. The van der Waals surface area contributed by atoms with Gasteiger partial charge in [0.2, 0.25) is 21.9 Å². The normalized spacial score (nSPS) is 15.1. The van der Waals surface area contributed by atoms with Gasteiger partial charge in [0, 0.05) is 23.0 Å². The summed E-state index contributed by atoms with van der Waals surface area (Å²) in [5.41, 5.74) is 0. The zero-order valence-electron chi connectivity index (χ0n) is 18.1. The van der Waals surface area contributed by atoms with Crippen molar-refractivity contribution in [2.45, 2.75) is 38.8 Å². The SMILES string of the molecule is O=S(=O)(Nc1ncc(Sc2ccc(S(=O)(=O)N3CCCCC3)cc2)c(O)n1)c1ccc(Cl)cc1Cl. The van der Waals surface area contributed by atoms with Crippen molar-refractivity contribution in [3.8, 4) is 5.88 Å². The van der Waals surface area contributed by atoms with E-state index in [1.165, 1.54) is 40.8 Å². The summed E-state index contributed by atoms with van der Waals surface area (Å²) in [6.07, 6.45) is 3.99. The fourth-order valence-corrected chi connectivity index (χ4v) is 7.42. The Hall–Kier alpha value is -2.09. The van der Waals surface area contributed by atoms with Crippen LogP contribution in [0.5, 0.6) is 5.88 Å². The molecular formula is C21H20Cl2N4O5S3. The van der Waals surface area contributed by atoms with E-state index >= 15 is 0 Å². The first kappa shape index (κ1) is 26.0. The van der Waals surface area contributed by atoms with Crippen LogP contribution in [0.25, 0.3) is 0 Å². The molecule has 35 heavy (non-hydrogen) atoms. The van der Waals surface area contributed by atoms with E-state index < -0.39 is 25.9 Å². The van der Waals surface area contributed by atoms with E-state index in [1.807, 2.05) is 0 Å². The van der Waals surface area contributed by atoms with Gasteiger partial charge in [-0.2, -0.15) is 9.29 Å². The summed E-state index contributed by atoms with van der Waals surface area (Å²) in [5.74, 6) is -0.796. The fourth-order valence-electron chi connectivity index (χ4n) is 3.41. The van der Waals surface area contributed by atoms with E-state index in [0.29, 0.717) is 18.0 Å². The lowest BCUT2D eigenvalue weighted by Crippen LogP contribution is -2.35. The number of anilines is 1. The summed E-state index contributed by atoms with van der Waals surface area (Å²) in [5, 5.41) is 10.5. The molecule has 186 valence electrons. The van der Waals surface area contributed by atoms with Crippen molar-refractivity contribution in [3.05, 3.63) is 58.7 Å². The van der Waals surface area contributed by atoms with Crippen LogP contribution in [-0.4, -0.2) is 49.3 Å². The smallest absolute Gasteiger partial charge is 0.265 e. The monoisotopic (exact) mass is 574 g/mol. The van der Waals surface area contributed by atoms with E-state index in [2.05, 4.69) is 14.7 Å². The lowest BCUT2D eigenvalue weighted by atomic mass is 10.2. The number of hydrogen-bond donors (Lipinski definition) is 2. The average Bonchev–Trinajstić information content (AvgIpc) is 2.81. The quantitative estimate of drug-likeness (QED) is 0.418. The molecule has 0 spiro atoms. The van der Waals surface area contributed by atoms with Crippen molar-refractivity contribution in [1.82, 2.24) is 14.3 Å². The molecule has 1 aliphatic heterocycles. The molecule has 0 saturated carbocycles. The Balaban J connectivity index is 1.47. The van der Waals surface area contributed by atoms with Gasteiger partial charge < -0.3 is 5.11 Å². The summed E-state index contributed by atoms with van der Waals surface area (Å²) in [4.78, 5) is 8.65. The van der Waals surface area contributed by atoms with Gasteiger partial charge in [-0.25, -0.2) is 26.5 Å². The Kier molecular flexibility index (Phi) is 7.79. The molecular weight excluding hydrogens is 555 g/mol. The van der Waals surface area contributed by atoms with Crippen molar-refractivity contribution in [2.24, 2.45) is 0 Å². The summed E-state index contributed by atoms with van der Waals surface area (Å²) in [7, 11) is -7.66. The van der Waals surface area contributed by atoms with Gasteiger partial charge in [-0.3, -0.25) is 0 Å². The highest BCUT2D eigenvalue weighted by Gasteiger charge is 2.26. The van der Waals surface area contributed by atoms with Gasteiger partial charge in [0.05, 0.1) is 21.0 Å². The number of nitrogens with zero attached hydrogens (tertiary/aromatic N) is 3. The topological polar surface area (TPSA) is 130 Å². The molecule has 0 radical (unpaired) electrons. The van der Waals surface area contributed by atoms with Gasteiger partial charge in [0.1, 0.15) is 4.90 Å². The first-order chi connectivity index (χ1) is 16.6. The molecule has 0 atom stereocenters. The molecule has 0 bridgehead atoms. The molecule has 1 aromatic heterocycles. The van der Waals surface area contributed by atoms with Gasteiger partial charge in [-0.1, -0.05) is 41.4 Å². The second kappa shape index (κ2) is 10.5. The first-order valence-electron chi connectivity index (χ1n) is 10.4. The Morgan fingerprint density at radius 3 is 2.29 bits per heavy atom. The highest BCUT2D eigenvalue weighted by atomic mass is 35.5. The number of hydrogen-bond acceptors (Lipinski definition) is 8. The average molecular weight is 576 g/mol. The van der Waals surface area contributed by atoms with E-state index in [0.717, 1.165) is 31.0 Å². The standard InChI is InChI=1S/C21H20Cl2N4O5S3/c22-14-4-9-19(17(23)12-14)34(29,30)26-21-24-13-18(20(28)25-21)33-15-5-7-16(8-6-15)35(31,32)27-10-2-1-3-11-27/h4-9,12-13H,1-3,10-11H2,(H2,24,25,26,28). The number of nitrogens with one attached hydrogen (secondary N) is 1. The Labute approximate surface area is 217 Å². The third kappa shape index (κ3) is 6.01. The van der Waals surface area contributed by atoms with E-state index in [9.17, 15) is 21.9 Å². The highest BCUT2D eigenvalue weighted by Crippen LogP contribution is 2.34. The molecule has 0 amide bonds. The molecule has 0 unspecified atom stereocenters. The molecule has 14 heteroatoms. The van der Waals surface area contributed by atoms with Crippen molar-refractivity contribution >= 4 is 61.0 Å². The Bertz CT molecular complexity index is 1450. The van der Waals surface area contributed by atoms with Gasteiger partial charge in [-0.15, -0.1) is 0 Å². The van der Waals surface area contributed by atoms with Gasteiger partial charge in [-0.05, 0) is 55.3 Å². The number of piperidine rings is 1. The van der Waals surface area contributed by atoms with Crippen LogP contribution in [0.3, 0.4) is 0 Å². The molecule has 2 aromatic carbocycles. The van der Waals surface area contributed by atoms with E-state index in [4.69, 9.17) is 23.2 Å². The summed E-state index contributed by atoms with van der Waals surface area (Å²) >= 11 is 12.9. The van der Waals surface area contributed by atoms with E-state index in [-0.39, 0.29) is 30.7 Å². The molecule has 1 aliphatic rings. The second-order valence-corrected chi connectivity index (χ2v) is 13.1. The number of halogens is 2. The maximum atomic E-state index is 12.8. The first-order valence-corrected chi connectivity index (χ1v) is 14.9. The van der Waals surface area contributed by atoms with Gasteiger partial charge >= 0.3 is 0 Å². The van der Waals surface area contributed by atoms with Crippen LogP contribution in [0.4, 0.5) is 5.95 Å². The zero-order valence-corrected chi connectivity index (χ0v) is 22.0. The molecule has 3 aromatic rings. The largest absolute Gasteiger partial charge is 0.492 e. The zero-order chi connectivity index (χ0) is 25.2. The number of aromatic nitrogens is 2. The molecule has 1 fully saturated rings. The van der Waals surface area contributed by atoms with Crippen molar-refractivity contribution in [1.29, 1.82) is 0 Å². The molecule has 9 nitrogen and oxygen atoms in total. The lowest BCUT2D eigenvalue weighted by Gasteiger charge is -2.25. The second-order valence-electron chi connectivity index (χ2n) is 7.60. The van der Waals surface area contributed by atoms with Crippen LogP contribution in [0.1, 0.15) is 19.3 Å². The minimum atomic E-state index is -4.12. The maximum Gasteiger partial charge on any atom is 0.265 e. The maximum absolute atomic E-state index is 12.8. The highest BCUT2D eigenvalue weighted by molar-refractivity contribution is 7.99. The number of sulfonamides is 2. The molecule has 0 aliphatic carbocycles. The minimum absolute atomic E-state index is 0.0767.